The van der Waals surface area contributed by atoms with Crippen LogP contribution in [0.5, 0.6) is 0 Å². The summed E-state index contributed by atoms with van der Waals surface area (Å²) >= 11 is 5.89. The molecule has 1 aromatic heterocycles. The van der Waals surface area contributed by atoms with E-state index in [-0.39, 0.29) is 18.6 Å². The second-order valence-electron chi connectivity index (χ2n) is 5.07. The largest absolute Gasteiger partial charge is 0.394 e. The Labute approximate surface area is 134 Å². The lowest BCUT2D eigenvalue weighted by Gasteiger charge is -2.20. The molecule has 7 heteroatoms. The highest BCUT2D eigenvalue weighted by molar-refractivity contribution is 6.30. The lowest BCUT2D eigenvalue weighted by molar-refractivity contribution is -0.118. The fourth-order valence-corrected chi connectivity index (χ4v) is 2.26. The molecule has 118 valence electrons. The Morgan fingerprint density at radius 3 is 2.86 bits per heavy atom. The van der Waals surface area contributed by atoms with E-state index in [1.54, 1.807) is 55.3 Å². The fourth-order valence-electron chi connectivity index (χ4n) is 2.07. The van der Waals surface area contributed by atoms with Crippen LogP contribution in [0.2, 0.25) is 5.02 Å². The molecule has 0 bridgehead atoms. The van der Waals surface area contributed by atoms with E-state index in [0.717, 1.165) is 5.56 Å². The van der Waals surface area contributed by atoms with Crippen LogP contribution in [0.15, 0.2) is 36.7 Å². The molecule has 0 aliphatic carbocycles. The van der Waals surface area contributed by atoms with Gasteiger partial charge in [-0.3, -0.25) is 14.8 Å². The van der Waals surface area contributed by atoms with Crippen LogP contribution in [-0.4, -0.2) is 33.4 Å². The third-order valence-electron chi connectivity index (χ3n) is 3.25. The Bertz CT molecular complexity index is 644. The van der Waals surface area contributed by atoms with Crippen LogP contribution in [-0.2, 0) is 11.8 Å². The third kappa shape index (κ3) is 4.30. The molecule has 1 aromatic carbocycles. The minimum Gasteiger partial charge on any atom is -0.394 e. The summed E-state index contributed by atoms with van der Waals surface area (Å²) in [5, 5.41) is 20.0. The Kier molecular flexibility index (Phi) is 5.54. The minimum absolute atomic E-state index is 0.125. The molecule has 0 saturated carbocycles. The number of rotatable bonds is 6. The first-order valence-corrected chi connectivity index (χ1v) is 7.29. The van der Waals surface area contributed by atoms with Crippen molar-refractivity contribution in [3.05, 3.63) is 47.2 Å². The maximum atomic E-state index is 12.2. The number of carbonyl (C=O) groups is 1. The summed E-state index contributed by atoms with van der Waals surface area (Å²) in [7, 11) is 1.80. The van der Waals surface area contributed by atoms with E-state index in [1.165, 1.54) is 0 Å². The van der Waals surface area contributed by atoms with Gasteiger partial charge in [-0.1, -0.05) is 17.7 Å². The number of aliphatic hydroxyl groups excluding tert-OH is 1. The predicted molar refractivity (Wildman–Crippen MR) is 85.7 cm³/mol. The molecule has 1 amide bonds. The monoisotopic (exact) mass is 322 g/mol. The summed E-state index contributed by atoms with van der Waals surface area (Å²) in [5.74, 6) is -0.204. The summed E-state index contributed by atoms with van der Waals surface area (Å²) < 4.78 is 1.65. The van der Waals surface area contributed by atoms with Gasteiger partial charge in [0.05, 0.1) is 24.9 Å². The number of amides is 1. The van der Waals surface area contributed by atoms with E-state index in [1.807, 2.05) is 0 Å². The van der Waals surface area contributed by atoms with Gasteiger partial charge in [0.2, 0.25) is 5.91 Å². The summed E-state index contributed by atoms with van der Waals surface area (Å²) in [6.07, 6.45) is 3.46. The van der Waals surface area contributed by atoms with Crippen LogP contribution in [0.4, 0.5) is 5.69 Å². The van der Waals surface area contributed by atoms with Crippen LogP contribution in [0.25, 0.3) is 0 Å². The molecular weight excluding hydrogens is 304 g/mol. The molecule has 0 aliphatic heterocycles. The fraction of sp³-hybridized carbons (Fsp3) is 0.333. The van der Waals surface area contributed by atoms with Gasteiger partial charge in [0.1, 0.15) is 0 Å². The summed E-state index contributed by atoms with van der Waals surface area (Å²) in [6, 6.07) is 6.11. The Morgan fingerprint density at radius 2 is 2.27 bits per heavy atom. The summed E-state index contributed by atoms with van der Waals surface area (Å²) in [5.41, 5.74) is 1.46. The van der Waals surface area contributed by atoms with Gasteiger partial charge in [0, 0.05) is 29.5 Å². The normalized spacial score (nSPS) is 13.6. The molecule has 0 fully saturated rings. The molecule has 0 spiro atoms. The van der Waals surface area contributed by atoms with Gasteiger partial charge in [-0.25, -0.2) is 0 Å². The van der Waals surface area contributed by atoms with E-state index in [4.69, 9.17) is 11.6 Å². The van der Waals surface area contributed by atoms with Gasteiger partial charge in [0.15, 0.2) is 0 Å². The number of benzene rings is 1. The highest BCUT2D eigenvalue weighted by atomic mass is 35.5. The first kappa shape index (κ1) is 16.5. The van der Waals surface area contributed by atoms with Crippen molar-refractivity contribution in [2.45, 2.75) is 19.0 Å². The molecule has 22 heavy (non-hydrogen) atoms. The highest BCUT2D eigenvalue weighted by Crippen LogP contribution is 2.16. The number of hydrogen-bond donors (Lipinski definition) is 3. The van der Waals surface area contributed by atoms with Crippen LogP contribution in [0.1, 0.15) is 18.5 Å². The standard InChI is InChI=1S/C15H19ClN4O2/c1-10(15(22)19-13-5-3-4-12(16)6-13)18-14(9-21)11-7-17-20(2)8-11/h3-8,10,14,18,21H,9H2,1-2H3,(H,19,22)/t10-,14+/m1/s1. The van der Waals surface area contributed by atoms with E-state index in [9.17, 15) is 9.90 Å². The predicted octanol–water partition coefficient (Wildman–Crippen LogP) is 1.72. The molecular formula is C15H19ClN4O2. The second-order valence-corrected chi connectivity index (χ2v) is 5.51. The average molecular weight is 323 g/mol. The lowest BCUT2D eigenvalue weighted by atomic mass is 10.1. The quantitative estimate of drug-likeness (QED) is 0.756. The van der Waals surface area contributed by atoms with Crippen molar-refractivity contribution in [3.63, 3.8) is 0 Å². The minimum atomic E-state index is -0.490. The first-order valence-electron chi connectivity index (χ1n) is 6.91. The number of nitrogens with zero attached hydrogens (tertiary/aromatic N) is 2. The molecule has 2 atom stereocenters. The van der Waals surface area contributed by atoms with E-state index in [2.05, 4.69) is 15.7 Å². The number of halogens is 1. The van der Waals surface area contributed by atoms with Crippen LogP contribution >= 0.6 is 11.6 Å². The van der Waals surface area contributed by atoms with Crippen molar-refractivity contribution in [3.8, 4) is 0 Å². The number of aliphatic hydroxyl groups is 1. The number of nitrogens with one attached hydrogen (secondary N) is 2. The van der Waals surface area contributed by atoms with E-state index >= 15 is 0 Å². The van der Waals surface area contributed by atoms with Crippen molar-refractivity contribution in [2.75, 3.05) is 11.9 Å². The maximum Gasteiger partial charge on any atom is 0.241 e. The molecule has 0 radical (unpaired) electrons. The zero-order valence-corrected chi connectivity index (χ0v) is 13.2. The van der Waals surface area contributed by atoms with E-state index < -0.39 is 6.04 Å². The van der Waals surface area contributed by atoms with Gasteiger partial charge in [-0.15, -0.1) is 0 Å². The summed E-state index contributed by atoms with van der Waals surface area (Å²) in [4.78, 5) is 12.2. The van der Waals surface area contributed by atoms with Crippen molar-refractivity contribution < 1.29 is 9.90 Å². The number of anilines is 1. The highest BCUT2D eigenvalue weighted by Gasteiger charge is 2.19. The zero-order chi connectivity index (χ0) is 16.1. The molecule has 6 nitrogen and oxygen atoms in total. The van der Waals surface area contributed by atoms with E-state index in [0.29, 0.717) is 10.7 Å². The van der Waals surface area contributed by atoms with Crippen molar-refractivity contribution in [1.82, 2.24) is 15.1 Å². The third-order valence-corrected chi connectivity index (χ3v) is 3.48. The van der Waals surface area contributed by atoms with Crippen LogP contribution < -0.4 is 10.6 Å². The van der Waals surface area contributed by atoms with Gasteiger partial charge < -0.3 is 10.4 Å². The molecule has 3 N–H and O–H groups in total. The van der Waals surface area contributed by atoms with Crippen molar-refractivity contribution >= 4 is 23.2 Å². The lowest BCUT2D eigenvalue weighted by Crippen LogP contribution is -2.41. The van der Waals surface area contributed by atoms with Gasteiger partial charge in [0.25, 0.3) is 0 Å². The number of carbonyl (C=O) groups excluding carboxylic acids is 1. The number of hydrogen-bond acceptors (Lipinski definition) is 4. The molecule has 0 saturated heterocycles. The smallest absolute Gasteiger partial charge is 0.241 e. The number of aromatic nitrogens is 2. The number of aryl methyl sites for hydroxylation is 1. The molecule has 2 aromatic rings. The Balaban J connectivity index is 1.98. The Morgan fingerprint density at radius 1 is 1.50 bits per heavy atom. The van der Waals surface area contributed by atoms with Crippen LogP contribution in [0, 0.1) is 0 Å². The molecule has 0 aliphatic rings. The zero-order valence-electron chi connectivity index (χ0n) is 12.5. The van der Waals surface area contributed by atoms with Crippen molar-refractivity contribution in [2.24, 2.45) is 7.05 Å². The second kappa shape index (κ2) is 7.40. The van der Waals surface area contributed by atoms with Gasteiger partial charge in [-0.2, -0.15) is 5.10 Å². The van der Waals surface area contributed by atoms with Crippen molar-refractivity contribution in [1.29, 1.82) is 0 Å². The summed E-state index contributed by atoms with van der Waals surface area (Å²) in [6.45, 7) is 1.61. The molecule has 2 rings (SSSR count). The Hall–Kier alpha value is -1.89. The first-order chi connectivity index (χ1) is 10.5. The van der Waals surface area contributed by atoms with Gasteiger partial charge >= 0.3 is 0 Å². The topological polar surface area (TPSA) is 79.2 Å². The molecule has 1 heterocycles. The van der Waals surface area contributed by atoms with Crippen LogP contribution in [0.3, 0.4) is 0 Å². The maximum absolute atomic E-state index is 12.2. The molecule has 0 unspecified atom stereocenters. The van der Waals surface area contributed by atoms with Gasteiger partial charge in [-0.05, 0) is 25.1 Å². The SMILES string of the molecule is C[C@@H](N[C@@H](CO)c1cnn(C)c1)C(=O)Nc1cccc(Cl)c1. The average Bonchev–Trinajstić information content (AvgIpc) is 2.90.